The zero-order valence-electron chi connectivity index (χ0n) is 11.0. The van der Waals surface area contributed by atoms with Crippen LogP contribution in [0.2, 0.25) is 0 Å². The van der Waals surface area contributed by atoms with Gasteiger partial charge in [0.15, 0.2) is 0 Å². The highest BCUT2D eigenvalue weighted by Gasteiger charge is 2.18. The number of benzene rings is 1. The van der Waals surface area contributed by atoms with Crippen molar-refractivity contribution in [3.63, 3.8) is 0 Å². The monoisotopic (exact) mass is 302 g/mol. The van der Waals surface area contributed by atoms with E-state index in [4.69, 9.17) is 4.74 Å². The van der Waals surface area contributed by atoms with Crippen molar-refractivity contribution in [2.24, 2.45) is 0 Å². The molecule has 0 aliphatic heterocycles. The standard InChI is InChI=1S/C14H10N2O4S/c1-20-9-5-13(21-7-9)14(17)11-6-15-12-4-8(16(18)19)2-3-10(11)12/h2-7,15H,1H3. The van der Waals surface area contributed by atoms with E-state index in [0.717, 1.165) is 0 Å². The highest BCUT2D eigenvalue weighted by Crippen LogP contribution is 2.28. The largest absolute Gasteiger partial charge is 0.496 e. The number of non-ortho nitro benzene ring substituents is 1. The molecule has 0 saturated heterocycles. The maximum absolute atomic E-state index is 12.5. The number of carbonyl (C=O) groups excluding carboxylic acids is 1. The molecule has 0 bridgehead atoms. The van der Waals surface area contributed by atoms with Gasteiger partial charge in [0, 0.05) is 40.7 Å². The molecule has 2 heterocycles. The molecule has 3 rings (SSSR count). The number of nitro benzene ring substituents is 1. The highest BCUT2D eigenvalue weighted by molar-refractivity contribution is 7.12. The fourth-order valence-corrected chi connectivity index (χ4v) is 2.90. The van der Waals surface area contributed by atoms with Crippen LogP contribution in [0.15, 0.2) is 35.8 Å². The molecule has 106 valence electrons. The molecule has 0 fully saturated rings. The molecule has 0 aliphatic carbocycles. The molecule has 0 atom stereocenters. The zero-order chi connectivity index (χ0) is 15.0. The molecular weight excluding hydrogens is 292 g/mol. The molecular formula is C14H10N2O4S. The molecule has 0 unspecified atom stereocenters. The lowest BCUT2D eigenvalue weighted by atomic mass is 10.1. The van der Waals surface area contributed by atoms with E-state index in [0.29, 0.717) is 27.1 Å². The number of nitrogens with one attached hydrogen (secondary N) is 1. The lowest BCUT2D eigenvalue weighted by molar-refractivity contribution is -0.384. The smallest absolute Gasteiger partial charge is 0.271 e. The Morgan fingerprint density at radius 1 is 1.38 bits per heavy atom. The van der Waals surface area contributed by atoms with E-state index in [-0.39, 0.29) is 11.5 Å². The van der Waals surface area contributed by atoms with Crippen LogP contribution in [0.3, 0.4) is 0 Å². The van der Waals surface area contributed by atoms with Crippen LogP contribution in [-0.4, -0.2) is 22.8 Å². The van der Waals surface area contributed by atoms with Crippen LogP contribution in [-0.2, 0) is 0 Å². The van der Waals surface area contributed by atoms with Crippen molar-refractivity contribution < 1.29 is 14.5 Å². The molecule has 21 heavy (non-hydrogen) atoms. The number of carbonyl (C=O) groups is 1. The van der Waals surface area contributed by atoms with Crippen molar-refractivity contribution >= 4 is 33.7 Å². The molecule has 0 saturated carbocycles. The molecule has 0 amide bonds. The van der Waals surface area contributed by atoms with Gasteiger partial charge in [-0.2, -0.15) is 0 Å². The number of fused-ring (bicyclic) bond motifs is 1. The minimum atomic E-state index is -0.466. The van der Waals surface area contributed by atoms with Crippen LogP contribution in [0, 0.1) is 10.1 Å². The van der Waals surface area contributed by atoms with E-state index in [2.05, 4.69) is 4.98 Å². The van der Waals surface area contributed by atoms with Gasteiger partial charge in [0.25, 0.3) is 5.69 Å². The maximum atomic E-state index is 12.5. The van der Waals surface area contributed by atoms with Gasteiger partial charge in [-0.05, 0) is 6.07 Å². The highest BCUT2D eigenvalue weighted by atomic mass is 32.1. The first-order valence-electron chi connectivity index (χ1n) is 6.03. The van der Waals surface area contributed by atoms with E-state index < -0.39 is 4.92 Å². The average molecular weight is 302 g/mol. The van der Waals surface area contributed by atoms with E-state index >= 15 is 0 Å². The van der Waals surface area contributed by atoms with Gasteiger partial charge in [-0.25, -0.2) is 0 Å². The summed E-state index contributed by atoms with van der Waals surface area (Å²) in [6, 6.07) is 6.07. The van der Waals surface area contributed by atoms with Crippen molar-refractivity contribution in [2.45, 2.75) is 0 Å². The van der Waals surface area contributed by atoms with Crippen molar-refractivity contribution in [3.05, 3.63) is 56.4 Å². The Hall–Kier alpha value is -2.67. The summed E-state index contributed by atoms with van der Waals surface area (Å²) in [5.41, 5.74) is 1.04. The van der Waals surface area contributed by atoms with Crippen molar-refractivity contribution in [3.8, 4) is 5.75 Å². The van der Waals surface area contributed by atoms with Crippen molar-refractivity contribution in [1.29, 1.82) is 0 Å². The number of rotatable bonds is 4. The number of nitro groups is 1. The van der Waals surface area contributed by atoms with E-state index in [9.17, 15) is 14.9 Å². The van der Waals surface area contributed by atoms with Crippen LogP contribution >= 0.6 is 11.3 Å². The third kappa shape index (κ3) is 2.27. The second-order valence-corrected chi connectivity index (χ2v) is 5.28. The van der Waals surface area contributed by atoms with Gasteiger partial charge in [0.05, 0.1) is 22.4 Å². The Balaban J connectivity index is 2.04. The Kier molecular flexibility index (Phi) is 3.19. The summed E-state index contributed by atoms with van der Waals surface area (Å²) in [6.07, 6.45) is 1.57. The second kappa shape index (κ2) is 5.02. The Labute approximate surface area is 123 Å². The summed E-state index contributed by atoms with van der Waals surface area (Å²) in [5.74, 6) is 0.502. The third-order valence-corrected chi connectivity index (χ3v) is 4.06. The van der Waals surface area contributed by atoms with Gasteiger partial charge in [-0.1, -0.05) is 0 Å². The van der Waals surface area contributed by atoms with Gasteiger partial charge in [0.1, 0.15) is 5.75 Å². The zero-order valence-corrected chi connectivity index (χ0v) is 11.8. The molecule has 0 radical (unpaired) electrons. The lowest BCUT2D eigenvalue weighted by Crippen LogP contribution is -1.97. The molecule has 1 aromatic carbocycles. The molecule has 7 heteroatoms. The van der Waals surface area contributed by atoms with Crippen LogP contribution in [0.5, 0.6) is 5.75 Å². The summed E-state index contributed by atoms with van der Waals surface area (Å²) in [5, 5.41) is 13.2. The summed E-state index contributed by atoms with van der Waals surface area (Å²) in [4.78, 5) is 26.2. The number of H-pyrrole nitrogens is 1. The average Bonchev–Trinajstić information content (AvgIpc) is 3.12. The second-order valence-electron chi connectivity index (χ2n) is 4.37. The van der Waals surface area contributed by atoms with Gasteiger partial charge in [-0.15, -0.1) is 11.3 Å². The number of thiophene rings is 1. The number of methoxy groups -OCH3 is 1. The Bertz CT molecular complexity index is 850. The fourth-order valence-electron chi connectivity index (χ4n) is 2.09. The predicted octanol–water partition coefficient (Wildman–Crippen LogP) is 3.38. The van der Waals surface area contributed by atoms with Crippen LogP contribution in [0.4, 0.5) is 5.69 Å². The molecule has 1 N–H and O–H groups in total. The number of hydrogen-bond acceptors (Lipinski definition) is 5. The molecule has 0 aliphatic rings. The summed E-state index contributed by atoms with van der Waals surface area (Å²) >= 11 is 1.30. The topological polar surface area (TPSA) is 85.2 Å². The first-order chi connectivity index (χ1) is 10.1. The molecule has 2 aromatic heterocycles. The normalized spacial score (nSPS) is 10.7. The van der Waals surface area contributed by atoms with Gasteiger partial charge >= 0.3 is 0 Å². The molecule has 0 spiro atoms. The van der Waals surface area contributed by atoms with Crippen LogP contribution < -0.4 is 4.74 Å². The molecule has 6 nitrogen and oxygen atoms in total. The quantitative estimate of drug-likeness (QED) is 0.455. The summed E-state index contributed by atoms with van der Waals surface area (Å²) in [6.45, 7) is 0. The van der Waals surface area contributed by atoms with Gasteiger partial charge in [-0.3, -0.25) is 14.9 Å². The minimum absolute atomic E-state index is 0.0128. The third-order valence-electron chi connectivity index (χ3n) is 3.16. The fraction of sp³-hybridized carbons (Fsp3) is 0.0714. The first-order valence-corrected chi connectivity index (χ1v) is 6.91. The van der Waals surface area contributed by atoms with Crippen LogP contribution in [0.25, 0.3) is 10.9 Å². The number of aromatic nitrogens is 1. The first kappa shape index (κ1) is 13.3. The van der Waals surface area contributed by atoms with Crippen LogP contribution in [0.1, 0.15) is 15.2 Å². The Morgan fingerprint density at radius 3 is 2.86 bits per heavy atom. The number of hydrogen-bond donors (Lipinski definition) is 1. The Morgan fingerprint density at radius 2 is 2.19 bits per heavy atom. The lowest BCUT2D eigenvalue weighted by Gasteiger charge is -1.96. The van der Waals surface area contributed by atoms with Crippen molar-refractivity contribution in [2.75, 3.05) is 7.11 Å². The SMILES string of the molecule is COc1csc(C(=O)c2c[nH]c3cc([N+](=O)[O-])ccc23)c1. The number of ketones is 1. The number of ether oxygens (including phenoxy) is 1. The number of aromatic amines is 1. The predicted molar refractivity (Wildman–Crippen MR) is 79.3 cm³/mol. The number of nitrogens with zero attached hydrogens (tertiary/aromatic N) is 1. The van der Waals surface area contributed by atoms with E-state index in [1.165, 1.54) is 23.5 Å². The van der Waals surface area contributed by atoms with E-state index in [1.807, 2.05) is 0 Å². The molecule has 3 aromatic rings. The summed E-state index contributed by atoms with van der Waals surface area (Å²) < 4.78 is 5.07. The van der Waals surface area contributed by atoms with Gasteiger partial charge in [0.2, 0.25) is 5.78 Å². The van der Waals surface area contributed by atoms with E-state index in [1.54, 1.807) is 30.8 Å². The minimum Gasteiger partial charge on any atom is -0.496 e. The maximum Gasteiger partial charge on any atom is 0.271 e. The summed E-state index contributed by atoms with van der Waals surface area (Å²) in [7, 11) is 1.54. The van der Waals surface area contributed by atoms with Crippen molar-refractivity contribution in [1.82, 2.24) is 4.98 Å². The van der Waals surface area contributed by atoms with Gasteiger partial charge < -0.3 is 9.72 Å².